The fourth-order valence-corrected chi connectivity index (χ4v) is 1.01. The van der Waals surface area contributed by atoms with Crippen molar-refractivity contribution in [1.29, 1.82) is 0 Å². The lowest BCUT2D eigenvalue weighted by atomic mass is 10.00. The van der Waals surface area contributed by atoms with Crippen molar-refractivity contribution in [2.75, 3.05) is 6.61 Å². The fraction of sp³-hybridized carbons (Fsp3) is 0.857. The molecule has 2 nitrogen and oxygen atoms in total. The third-order valence-corrected chi connectivity index (χ3v) is 1.81. The highest BCUT2D eigenvalue weighted by atomic mass is 16.5. The molecule has 2 heteroatoms. The van der Waals surface area contributed by atoms with E-state index in [0.717, 1.165) is 12.8 Å². The van der Waals surface area contributed by atoms with E-state index >= 15 is 0 Å². The molecule has 1 aliphatic rings. The molecule has 1 fully saturated rings. The number of ether oxygens (including phenoxy) is 1. The number of carbonyl (C=O) groups excluding carboxylic acids is 1. The molecule has 0 aliphatic carbocycles. The smallest absolute Gasteiger partial charge is 0.305 e. The minimum Gasteiger partial charge on any atom is -0.465 e. The first kappa shape index (κ1) is 6.59. The van der Waals surface area contributed by atoms with Crippen LogP contribution in [0.3, 0.4) is 0 Å². The van der Waals surface area contributed by atoms with Gasteiger partial charge in [0.15, 0.2) is 0 Å². The molecule has 1 unspecified atom stereocenters. The molecule has 1 rings (SSSR count). The molecule has 9 heavy (non-hydrogen) atoms. The van der Waals surface area contributed by atoms with Gasteiger partial charge in [0.1, 0.15) is 0 Å². The van der Waals surface area contributed by atoms with Crippen LogP contribution in [0.2, 0.25) is 0 Å². The van der Waals surface area contributed by atoms with Gasteiger partial charge in [-0.25, -0.2) is 0 Å². The number of esters is 1. The quantitative estimate of drug-likeness (QED) is 0.498. The van der Waals surface area contributed by atoms with Crippen molar-refractivity contribution in [2.45, 2.75) is 26.2 Å². The Bertz CT molecular complexity index is 99.5. The summed E-state index contributed by atoms with van der Waals surface area (Å²) in [6.07, 6.45) is 2.78. The summed E-state index contributed by atoms with van der Waals surface area (Å²) in [5.41, 5.74) is 0. The highest BCUT2D eigenvalue weighted by Gasteiger charge is 2.17. The Kier molecular flexibility index (Phi) is 2.09. The lowest BCUT2D eigenvalue weighted by Gasteiger charge is -2.19. The van der Waals surface area contributed by atoms with E-state index < -0.39 is 0 Å². The average molecular weight is 128 g/mol. The first-order valence-corrected chi connectivity index (χ1v) is 3.48. The highest BCUT2D eigenvalue weighted by molar-refractivity contribution is 5.69. The second-order valence-corrected chi connectivity index (χ2v) is 2.50. The van der Waals surface area contributed by atoms with Crippen LogP contribution in [0.1, 0.15) is 26.2 Å². The minimum atomic E-state index is -0.0281. The topological polar surface area (TPSA) is 26.3 Å². The Labute approximate surface area is 55.2 Å². The van der Waals surface area contributed by atoms with Gasteiger partial charge in [0.2, 0.25) is 0 Å². The van der Waals surface area contributed by atoms with Crippen molar-refractivity contribution >= 4 is 5.97 Å². The molecule has 0 radical (unpaired) electrons. The monoisotopic (exact) mass is 128 g/mol. The zero-order valence-electron chi connectivity index (χ0n) is 5.72. The molecule has 0 spiro atoms. The number of carbonyl (C=O) groups is 1. The molecule has 1 saturated heterocycles. The first-order chi connectivity index (χ1) is 4.33. The van der Waals surface area contributed by atoms with E-state index in [4.69, 9.17) is 4.74 Å². The Morgan fingerprint density at radius 2 is 2.56 bits per heavy atom. The minimum absolute atomic E-state index is 0.0281. The fourth-order valence-electron chi connectivity index (χ4n) is 1.01. The maximum Gasteiger partial charge on any atom is 0.305 e. The Morgan fingerprint density at radius 1 is 1.78 bits per heavy atom. The van der Waals surface area contributed by atoms with Gasteiger partial charge < -0.3 is 4.74 Å². The predicted molar refractivity (Wildman–Crippen MR) is 34.0 cm³/mol. The summed E-state index contributed by atoms with van der Waals surface area (Å²) < 4.78 is 4.84. The Morgan fingerprint density at radius 3 is 3.00 bits per heavy atom. The van der Waals surface area contributed by atoms with Crippen LogP contribution in [0.15, 0.2) is 0 Å². The normalized spacial score (nSPS) is 27.7. The van der Waals surface area contributed by atoms with Crippen LogP contribution < -0.4 is 0 Å². The highest BCUT2D eigenvalue weighted by Crippen LogP contribution is 2.16. The first-order valence-electron chi connectivity index (χ1n) is 3.48. The van der Waals surface area contributed by atoms with E-state index in [0.29, 0.717) is 18.9 Å². The zero-order chi connectivity index (χ0) is 6.69. The molecule has 0 N–H and O–H groups in total. The summed E-state index contributed by atoms with van der Waals surface area (Å²) in [5.74, 6) is 0.599. The third kappa shape index (κ3) is 1.70. The molecule has 0 bridgehead atoms. The van der Waals surface area contributed by atoms with Crippen molar-refractivity contribution in [2.24, 2.45) is 5.92 Å². The van der Waals surface area contributed by atoms with Crippen LogP contribution in [-0.2, 0) is 9.53 Å². The second kappa shape index (κ2) is 2.85. The number of hydrogen-bond acceptors (Lipinski definition) is 2. The zero-order valence-corrected chi connectivity index (χ0v) is 5.72. The molecule has 0 amide bonds. The predicted octanol–water partition coefficient (Wildman–Crippen LogP) is 1.35. The van der Waals surface area contributed by atoms with Gasteiger partial charge in [0.05, 0.1) is 6.61 Å². The van der Waals surface area contributed by atoms with Crippen molar-refractivity contribution in [3.63, 3.8) is 0 Å². The molecule has 1 aliphatic heterocycles. The lowest BCUT2D eigenvalue weighted by molar-refractivity contribution is -0.149. The lowest BCUT2D eigenvalue weighted by Crippen LogP contribution is -2.20. The number of hydrogen-bond donors (Lipinski definition) is 0. The summed E-state index contributed by atoms with van der Waals surface area (Å²) in [7, 11) is 0. The van der Waals surface area contributed by atoms with Gasteiger partial charge in [0, 0.05) is 6.42 Å². The maximum atomic E-state index is 10.5. The molecule has 1 atom stereocenters. The van der Waals surface area contributed by atoms with Gasteiger partial charge in [-0.2, -0.15) is 0 Å². The molecular formula is C7H12O2. The summed E-state index contributed by atoms with van der Waals surface area (Å²) in [6, 6.07) is 0. The SMILES string of the molecule is CCC1CCC(=O)OC1. The van der Waals surface area contributed by atoms with E-state index in [9.17, 15) is 4.79 Å². The van der Waals surface area contributed by atoms with Gasteiger partial charge in [-0.1, -0.05) is 13.3 Å². The maximum absolute atomic E-state index is 10.5. The molecular weight excluding hydrogens is 116 g/mol. The molecule has 0 aromatic heterocycles. The summed E-state index contributed by atoms with van der Waals surface area (Å²) in [6.45, 7) is 2.78. The molecule has 1 heterocycles. The van der Waals surface area contributed by atoms with E-state index in [1.807, 2.05) is 0 Å². The standard InChI is InChI=1S/C7H12O2/c1-2-6-3-4-7(8)9-5-6/h6H,2-5H2,1H3. The number of cyclic esters (lactones) is 1. The number of rotatable bonds is 1. The van der Waals surface area contributed by atoms with Crippen molar-refractivity contribution in [3.05, 3.63) is 0 Å². The van der Waals surface area contributed by atoms with E-state index in [-0.39, 0.29) is 5.97 Å². The molecule has 0 aromatic rings. The van der Waals surface area contributed by atoms with Crippen LogP contribution in [0.4, 0.5) is 0 Å². The molecule has 0 aromatic carbocycles. The van der Waals surface area contributed by atoms with Crippen molar-refractivity contribution in [1.82, 2.24) is 0 Å². The van der Waals surface area contributed by atoms with Crippen LogP contribution in [-0.4, -0.2) is 12.6 Å². The average Bonchev–Trinajstić information content (AvgIpc) is 1.90. The van der Waals surface area contributed by atoms with Crippen molar-refractivity contribution < 1.29 is 9.53 Å². The summed E-state index contributed by atoms with van der Waals surface area (Å²) in [4.78, 5) is 10.5. The van der Waals surface area contributed by atoms with Crippen molar-refractivity contribution in [3.8, 4) is 0 Å². The Balaban J connectivity index is 2.26. The Hall–Kier alpha value is -0.530. The largest absolute Gasteiger partial charge is 0.465 e. The van der Waals surface area contributed by atoms with Crippen LogP contribution in [0, 0.1) is 5.92 Å². The summed E-state index contributed by atoms with van der Waals surface area (Å²) >= 11 is 0. The third-order valence-electron chi connectivity index (χ3n) is 1.81. The summed E-state index contributed by atoms with van der Waals surface area (Å²) in [5, 5.41) is 0. The van der Waals surface area contributed by atoms with Crippen LogP contribution in [0.5, 0.6) is 0 Å². The van der Waals surface area contributed by atoms with Gasteiger partial charge >= 0.3 is 5.97 Å². The van der Waals surface area contributed by atoms with E-state index in [1.165, 1.54) is 0 Å². The van der Waals surface area contributed by atoms with Gasteiger partial charge in [-0.05, 0) is 12.3 Å². The van der Waals surface area contributed by atoms with Crippen LogP contribution in [0.25, 0.3) is 0 Å². The van der Waals surface area contributed by atoms with Gasteiger partial charge in [-0.3, -0.25) is 4.79 Å². The second-order valence-electron chi connectivity index (χ2n) is 2.50. The molecule has 52 valence electrons. The van der Waals surface area contributed by atoms with E-state index in [2.05, 4.69) is 6.92 Å². The van der Waals surface area contributed by atoms with Gasteiger partial charge in [-0.15, -0.1) is 0 Å². The molecule has 0 saturated carbocycles. The van der Waals surface area contributed by atoms with Gasteiger partial charge in [0.25, 0.3) is 0 Å². The van der Waals surface area contributed by atoms with Crippen LogP contribution >= 0.6 is 0 Å². The van der Waals surface area contributed by atoms with E-state index in [1.54, 1.807) is 0 Å².